The molecular formula is C29H28ClN3O4. The molecule has 0 aromatic heterocycles. The van der Waals surface area contributed by atoms with Gasteiger partial charge in [0, 0.05) is 38.0 Å². The zero-order valence-corrected chi connectivity index (χ0v) is 21.3. The summed E-state index contributed by atoms with van der Waals surface area (Å²) in [5, 5.41) is 3.22. The van der Waals surface area contributed by atoms with Crippen LogP contribution in [-0.2, 0) is 22.6 Å². The summed E-state index contributed by atoms with van der Waals surface area (Å²) in [5.74, 6) is -1.23. The molecule has 1 N–H and O–H groups in total. The number of carbonyl (C=O) groups excluding carboxylic acids is 4. The lowest BCUT2D eigenvalue weighted by atomic mass is 10.0. The largest absolute Gasteiger partial charge is 0.357 e. The zero-order chi connectivity index (χ0) is 26.4. The zero-order valence-electron chi connectivity index (χ0n) is 20.5. The summed E-state index contributed by atoms with van der Waals surface area (Å²) in [4.78, 5) is 54.6. The summed E-state index contributed by atoms with van der Waals surface area (Å²) in [6.45, 7) is 0.309. The minimum absolute atomic E-state index is 0.0657. The number of carbonyl (C=O) groups is 4. The van der Waals surface area contributed by atoms with E-state index < -0.39 is 6.04 Å². The van der Waals surface area contributed by atoms with E-state index in [2.05, 4.69) is 5.32 Å². The Labute approximate surface area is 221 Å². The van der Waals surface area contributed by atoms with E-state index >= 15 is 0 Å². The third-order valence-electron chi connectivity index (χ3n) is 6.41. The molecule has 0 bridgehead atoms. The number of halogens is 1. The average molecular weight is 518 g/mol. The fourth-order valence-electron chi connectivity index (χ4n) is 4.53. The van der Waals surface area contributed by atoms with Crippen LogP contribution in [0.15, 0.2) is 78.9 Å². The van der Waals surface area contributed by atoms with Crippen molar-refractivity contribution in [2.24, 2.45) is 0 Å². The van der Waals surface area contributed by atoms with Gasteiger partial charge in [-0.25, -0.2) is 0 Å². The Kier molecular flexibility index (Phi) is 8.36. The van der Waals surface area contributed by atoms with Gasteiger partial charge in [-0.1, -0.05) is 66.2 Å². The van der Waals surface area contributed by atoms with Crippen molar-refractivity contribution in [3.8, 4) is 0 Å². The summed E-state index contributed by atoms with van der Waals surface area (Å²) >= 11 is 6.18. The molecule has 0 aliphatic carbocycles. The first-order chi connectivity index (χ1) is 17.9. The molecule has 1 atom stereocenters. The van der Waals surface area contributed by atoms with Crippen molar-refractivity contribution in [1.29, 1.82) is 0 Å². The van der Waals surface area contributed by atoms with Crippen LogP contribution in [0.1, 0.15) is 44.7 Å². The molecule has 3 aromatic rings. The van der Waals surface area contributed by atoms with Gasteiger partial charge in [-0.15, -0.1) is 0 Å². The van der Waals surface area contributed by atoms with Gasteiger partial charge in [0.1, 0.15) is 6.04 Å². The maximum Gasteiger partial charge on any atom is 0.261 e. The van der Waals surface area contributed by atoms with Crippen LogP contribution in [0, 0.1) is 0 Å². The van der Waals surface area contributed by atoms with E-state index in [1.54, 1.807) is 54.4 Å². The summed E-state index contributed by atoms with van der Waals surface area (Å²) in [7, 11) is 1.55. The first-order valence-corrected chi connectivity index (χ1v) is 12.5. The highest BCUT2D eigenvalue weighted by atomic mass is 35.5. The van der Waals surface area contributed by atoms with Crippen LogP contribution in [0.5, 0.6) is 0 Å². The van der Waals surface area contributed by atoms with E-state index in [4.69, 9.17) is 11.6 Å². The summed E-state index contributed by atoms with van der Waals surface area (Å²) < 4.78 is 0. The number of nitrogens with zero attached hydrogens (tertiary/aromatic N) is 2. The molecule has 0 saturated carbocycles. The van der Waals surface area contributed by atoms with Gasteiger partial charge in [0.2, 0.25) is 11.8 Å². The quantitative estimate of drug-likeness (QED) is 0.410. The lowest BCUT2D eigenvalue weighted by molar-refractivity contribution is -0.141. The van der Waals surface area contributed by atoms with E-state index in [0.717, 1.165) is 11.1 Å². The molecule has 1 heterocycles. The van der Waals surface area contributed by atoms with Gasteiger partial charge in [-0.05, 0) is 41.8 Å². The molecule has 190 valence electrons. The standard InChI is InChI=1S/C29H28ClN3O4/c1-31-27(35)25(18-20-9-3-2-4-10-20)33(19-21-11-7-12-22(30)17-21)26(34)15-8-16-32-28(36)23-13-5-6-14-24(23)29(32)37/h2-7,9-14,17,25H,8,15-16,18-19H2,1H3,(H,31,35)/t25-/m0/s1. The molecular weight excluding hydrogens is 490 g/mol. The van der Waals surface area contributed by atoms with Gasteiger partial charge in [-0.3, -0.25) is 24.1 Å². The molecule has 4 amide bonds. The van der Waals surface area contributed by atoms with Crippen LogP contribution in [0.25, 0.3) is 0 Å². The van der Waals surface area contributed by atoms with Gasteiger partial charge in [-0.2, -0.15) is 0 Å². The number of likely N-dealkylation sites (N-methyl/N-ethyl adjacent to an activating group) is 1. The van der Waals surface area contributed by atoms with Gasteiger partial charge < -0.3 is 10.2 Å². The van der Waals surface area contributed by atoms with Crippen LogP contribution >= 0.6 is 11.6 Å². The summed E-state index contributed by atoms with van der Waals surface area (Å²) in [6, 6.07) is 22.6. The summed E-state index contributed by atoms with van der Waals surface area (Å²) in [5.41, 5.74) is 2.47. The fraction of sp³-hybridized carbons (Fsp3) is 0.241. The maximum absolute atomic E-state index is 13.6. The summed E-state index contributed by atoms with van der Waals surface area (Å²) in [6.07, 6.45) is 0.684. The predicted octanol–water partition coefficient (Wildman–Crippen LogP) is 4.10. The van der Waals surface area contributed by atoms with Crippen molar-refractivity contribution in [2.75, 3.05) is 13.6 Å². The number of hydrogen-bond donors (Lipinski definition) is 1. The Balaban J connectivity index is 1.51. The fourth-order valence-corrected chi connectivity index (χ4v) is 4.74. The monoisotopic (exact) mass is 517 g/mol. The minimum Gasteiger partial charge on any atom is -0.357 e. The Bertz CT molecular complexity index is 1280. The first kappa shape index (κ1) is 26.1. The van der Waals surface area contributed by atoms with Crippen molar-refractivity contribution in [3.05, 3.63) is 106 Å². The normalized spacial score (nSPS) is 13.3. The topological polar surface area (TPSA) is 86.8 Å². The molecule has 4 rings (SSSR count). The third-order valence-corrected chi connectivity index (χ3v) is 6.65. The lowest BCUT2D eigenvalue weighted by Crippen LogP contribution is -2.49. The Hall–Kier alpha value is -3.97. The number of imide groups is 1. The third kappa shape index (κ3) is 6.06. The van der Waals surface area contributed by atoms with Crippen LogP contribution in [0.4, 0.5) is 0 Å². The Morgan fingerprint density at radius 2 is 1.51 bits per heavy atom. The second kappa shape index (κ2) is 11.8. The number of amides is 4. The van der Waals surface area contributed by atoms with Crippen molar-refractivity contribution in [1.82, 2.24) is 15.1 Å². The van der Waals surface area contributed by atoms with E-state index in [1.165, 1.54) is 4.90 Å². The van der Waals surface area contributed by atoms with Gasteiger partial charge >= 0.3 is 0 Å². The number of hydrogen-bond acceptors (Lipinski definition) is 4. The SMILES string of the molecule is CNC(=O)[C@H](Cc1ccccc1)N(Cc1cccc(Cl)c1)C(=O)CCCN1C(=O)c2ccccc2C1=O. The number of rotatable bonds is 10. The second-order valence-corrected chi connectivity index (χ2v) is 9.32. The van der Waals surface area contributed by atoms with Crippen molar-refractivity contribution < 1.29 is 19.2 Å². The lowest BCUT2D eigenvalue weighted by Gasteiger charge is -2.31. The van der Waals surface area contributed by atoms with Crippen LogP contribution in [0.3, 0.4) is 0 Å². The van der Waals surface area contributed by atoms with E-state index in [9.17, 15) is 19.2 Å². The molecule has 0 radical (unpaired) electrons. The highest BCUT2D eigenvalue weighted by Crippen LogP contribution is 2.23. The molecule has 37 heavy (non-hydrogen) atoms. The molecule has 8 heteroatoms. The Morgan fingerprint density at radius 1 is 0.892 bits per heavy atom. The van der Waals surface area contributed by atoms with Crippen molar-refractivity contribution >= 4 is 35.2 Å². The molecule has 0 fully saturated rings. The van der Waals surface area contributed by atoms with Gasteiger partial charge in [0.25, 0.3) is 11.8 Å². The molecule has 1 aliphatic rings. The van der Waals surface area contributed by atoms with Crippen LogP contribution in [0.2, 0.25) is 5.02 Å². The van der Waals surface area contributed by atoms with E-state index in [0.29, 0.717) is 22.6 Å². The minimum atomic E-state index is -0.752. The number of benzene rings is 3. The molecule has 0 saturated heterocycles. The average Bonchev–Trinajstić information content (AvgIpc) is 3.15. The molecule has 7 nitrogen and oxygen atoms in total. The van der Waals surface area contributed by atoms with Crippen molar-refractivity contribution in [3.63, 3.8) is 0 Å². The molecule has 0 unspecified atom stereocenters. The highest BCUT2D eigenvalue weighted by Gasteiger charge is 2.35. The highest BCUT2D eigenvalue weighted by molar-refractivity contribution is 6.30. The predicted molar refractivity (Wildman–Crippen MR) is 141 cm³/mol. The molecule has 1 aliphatic heterocycles. The smallest absolute Gasteiger partial charge is 0.261 e. The van der Waals surface area contributed by atoms with Crippen LogP contribution in [-0.4, -0.2) is 53.1 Å². The number of fused-ring (bicyclic) bond motifs is 1. The number of nitrogens with one attached hydrogen (secondary N) is 1. The van der Waals surface area contributed by atoms with Crippen LogP contribution < -0.4 is 5.32 Å². The van der Waals surface area contributed by atoms with Gasteiger partial charge in [0.05, 0.1) is 11.1 Å². The second-order valence-electron chi connectivity index (χ2n) is 8.88. The van der Waals surface area contributed by atoms with Gasteiger partial charge in [0.15, 0.2) is 0 Å². The maximum atomic E-state index is 13.6. The molecule has 0 spiro atoms. The van der Waals surface area contributed by atoms with Crippen molar-refractivity contribution in [2.45, 2.75) is 31.8 Å². The molecule has 3 aromatic carbocycles. The first-order valence-electron chi connectivity index (χ1n) is 12.1. The van der Waals surface area contributed by atoms with E-state index in [1.807, 2.05) is 36.4 Å². The Morgan fingerprint density at radius 3 is 2.14 bits per heavy atom. The van der Waals surface area contributed by atoms with E-state index in [-0.39, 0.29) is 49.6 Å².